The molecule has 0 heterocycles. The number of allylic oxidation sites excluding steroid dienone is 1. The van der Waals surface area contributed by atoms with Crippen molar-refractivity contribution < 1.29 is 4.39 Å². The molecule has 2 aromatic rings. The van der Waals surface area contributed by atoms with Gasteiger partial charge in [-0.2, -0.15) is 0 Å². The molecule has 1 saturated carbocycles. The number of benzene rings is 2. The summed E-state index contributed by atoms with van der Waals surface area (Å²) in [5, 5.41) is 0.146. The average molecular weight is 339 g/mol. The maximum Gasteiger partial charge on any atom is 0.142 e. The van der Waals surface area contributed by atoms with Gasteiger partial charge in [0.2, 0.25) is 0 Å². The van der Waals surface area contributed by atoms with Crippen LogP contribution in [0.1, 0.15) is 31.2 Å². The third-order valence-corrected chi connectivity index (χ3v) is 4.97. The Hall–Kier alpha value is -2.04. The largest absolute Gasteiger partial charge is 0.205 e. The average Bonchev–Trinajstić information content (AvgIpc) is 2.63. The molecule has 2 heteroatoms. The molecule has 0 radical (unpaired) electrons. The van der Waals surface area contributed by atoms with Crippen LogP contribution in [0.25, 0.3) is 11.1 Å². The van der Waals surface area contributed by atoms with Gasteiger partial charge in [-0.05, 0) is 67.0 Å². The van der Waals surface area contributed by atoms with Gasteiger partial charge in [0.25, 0.3) is 0 Å². The van der Waals surface area contributed by atoms with Crippen LogP contribution < -0.4 is 0 Å². The van der Waals surface area contributed by atoms with Crippen LogP contribution in [0.2, 0.25) is 5.02 Å². The van der Waals surface area contributed by atoms with Gasteiger partial charge >= 0.3 is 0 Å². The predicted octanol–water partition coefficient (Wildman–Crippen LogP) is 6.49. The van der Waals surface area contributed by atoms with Crippen LogP contribution in [0.5, 0.6) is 0 Å². The van der Waals surface area contributed by atoms with Crippen molar-refractivity contribution >= 4 is 11.6 Å². The number of halogens is 2. The predicted molar refractivity (Wildman–Crippen MR) is 99.4 cm³/mol. The molecule has 0 saturated heterocycles. The summed E-state index contributed by atoms with van der Waals surface area (Å²) in [6.45, 7) is 3.88. The normalized spacial score (nSPS) is 20.1. The molecule has 3 rings (SSSR count). The fraction of sp³-hybridized carbons (Fsp3) is 0.273. The zero-order valence-corrected chi connectivity index (χ0v) is 14.3. The van der Waals surface area contributed by atoms with E-state index in [1.165, 1.54) is 18.9 Å². The summed E-state index contributed by atoms with van der Waals surface area (Å²) in [5.74, 6) is 7.44. The van der Waals surface area contributed by atoms with Crippen molar-refractivity contribution in [2.24, 2.45) is 11.8 Å². The third kappa shape index (κ3) is 4.08. The second kappa shape index (κ2) is 7.69. The Balaban J connectivity index is 1.68. The Morgan fingerprint density at radius 1 is 1.00 bits per heavy atom. The molecule has 0 aromatic heterocycles. The highest BCUT2D eigenvalue weighted by Crippen LogP contribution is 2.29. The van der Waals surface area contributed by atoms with E-state index in [0.29, 0.717) is 11.8 Å². The highest BCUT2D eigenvalue weighted by Gasteiger charge is 2.17. The van der Waals surface area contributed by atoms with E-state index in [1.54, 1.807) is 6.07 Å². The van der Waals surface area contributed by atoms with Crippen LogP contribution >= 0.6 is 11.6 Å². The molecule has 24 heavy (non-hydrogen) atoms. The number of hydrogen-bond donors (Lipinski definition) is 0. The zero-order chi connectivity index (χ0) is 16.9. The lowest BCUT2D eigenvalue weighted by molar-refractivity contribution is 0.365. The molecule has 0 N–H and O–H groups in total. The first-order valence-electron chi connectivity index (χ1n) is 8.35. The minimum Gasteiger partial charge on any atom is -0.205 e. The van der Waals surface area contributed by atoms with E-state index >= 15 is 0 Å². The summed E-state index contributed by atoms with van der Waals surface area (Å²) in [7, 11) is 0. The lowest BCUT2D eigenvalue weighted by Crippen LogP contribution is -2.11. The molecule has 0 spiro atoms. The van der Waals surface area contributed by atoms with Crippen molar-refractivity contribution in [1.82, 2.24) is 0 Å². The minimum atomic E-state index is -0.395. The van der Waals surface area contributed by atoms with Crippen LogP contribution in [0, 0.1) is 29.5 Å². The molecule has 0 atom stereocenters. The van der Waals surface area contributed by atoms with Crippen LogP contribution in [0.15, 0.2) is 55.1 Å². The van der Waals surface area contributed by atoms with Gasteiger partial charge in [-0.3, -0.25) is 0 Å². The fourth-order valence-electron chi connectivity index (χ4n) is 3.11. The molecule has 2 aromatic carbocycles. The van der Waals surface area contributed by atoms with Crippen molar-refractivity contribution in [3.05, 3.63) is 71.5 Å². The molecule has 1 aliphatic carbocycles. The standard InChI is InChI=1S/C22H20ClF/c1-2-16-3-5-17(6-4-16)7-8-18-9-11-19(12-10-18)20-13-14-21(23)22(24)15-20/h2,9-17H,1,3-6H2/t16-,17-. The van der Waals surface area contributed by atoms with Gasteiger partial charge in [0.05, 0.1) is 5.02 Å². The topological polar surface area (TPSA) is 0 Å². The maximum atomic E-state index is 13.6. The Labute approximate surface area is 148 Å². The van der Waals surface area contributed by atoms with Crippen molar-refractivity contribution in [1.29, 1.82) is 0 Å². The van der Waals surface area contributed by atoms with Gasteiger partial charge in [0.15, 0.2) is 0 Å². The van der Waals surface area contributed by atoms with Gasteiger partial charge in [0.1, 0.15) is 5.82 Å². The molecule has 0 unspecified atom stereocenters. The minimum absolute atomic E-state index is 0.146. The third-order valence-electron chi connectivity index (χ3n) is 4.66. The molecule has 0 aliphatic heterocycles. The summed E-state index contributed by atoms with van der Waals surface area (Å²) in [6.07, 6.45) is 6.79. The highest BCUT2D eigenvalue weighted by molar-refractivity contribution is 6.30. The monoisotopic (exact) mass is 338 g/mol. The van der Waals surface area contributed by atoms with E-state index < -0.39 is 5.82 Å². The van der Waals surface area contributed by atoms with Gasteiger partial charge in [-0.15, -0.1) is 6.58 Å². The Bertz CT molecular complexity index is 772. The molecule has 1 fully saturated rings. The van der Waals surface area contributed by atoms with E-state index in [2.05, 4.69) is 24.5 Å². The second-order valence-electron chi connectivity index (χ2n) is 6.32. The quantitative estimate of drug-likeness (QED) is 0.433. The first-order valence-corrected chi connectivity index (χ1v) is 8.73. The molecule has 122 valence electrons. The Kier molecular flexibility index (Phi) is 5.38. The fourth-order valence-corrected chi connectivity index (χ4v) is 3.22. The molecule has 0 amide bonds. The first-order chi connectivity index (χ1) is 11.7. The first kappa shape index (κ1) is 16.8. The maximum absolute atomic E-state index is 13.6. The smallest absolute Gasteiger partial charge is 0.142 e. The molecule has 0 bridgehead atoms. The highest BCUT2D eigenvalue weighted by atomic mass is 35.5. The Morgan fingerprint density at radius 2 is 1.67 bits per heavy atom. The second-order valence-corrected chi connectivity index (χ2v) is 6.73. The summed E-state index contributed by atoms with van der Waals surface area (Å²) >= 11 is 5.73. The van der Waals surface area contributed by atoms with E-state index in [4.69, 9.17) is 11.6 Å². The van der Waals surface area contributed by atoms with E-state index in [9.17, 15) is 4.39 Å². The van der Waals surface area contributed by atoms with Crippen molar-refractivity contribution in [2.75, 3.05) is 0 Å². The Morgan fingerprint density at radius 3 is 2.29 bits per heavy atom. The van der Waals surface area contributed by atoms with Crippen molar-refractivity contribution in [2.45, 2.75) is 25.7 Å². The summed E-state index contributed by atoms with van der Waals surface area (Å²) in [6, 6.07) is 12.8. The van der Waals surface area contributed by atoms with E-state index in [-0.39, 0.29) is 5.02 Å². The summed E-state index contributed by atoms with van der Waals surface area (Å²) in [4.78, 5) is 0. The molecule has 0 nitrogen and oxygen atoms in total. The van der Waals surface area contributed by atoms with Gasteiger partial charge < -0.3 is 0 Å². The molecular formula is C22H20ClF. The van der Waals surface area contributed by atoms with Crippen molar-refractivity contribution in [3.63, 3.8) is 0 Å². The van der Waals surface area contributed by atoms with Crippen molar-refractivity contribution in [3.8, 4) is 23.0 Å². The van der Waals surface area contributed by atoms with E-state index in [1.807, 2.05) is 30.3 Å². The van der Waals surface area contributed by atoms with Gasteiger partial charge in [-0.25, -0.2) is 4.39 Å². The zero-order valence-electron chi connectivity index (χ0n) is 13.6. The van der Waals surface area contributed by atoms with Gasteiger partial charge in [0, 0.05) is 11.5 Å². The number of hydrogen-bond acceptors (Lipinski definition) is 0. The summed E-state index contributed by atoms with van der Waals surface area (Å²) < 4.78 is 13.6. The van der Waals surface area contributed by atoms with E-state index in [0.717, 1.165) is 29.5 Å². The van der Waals surface area contributed by atoms with Crippen LogP contribution in [-0.2, 0) is 0 Å². The number of rotatable bonds is 2. The van der Waals surface area contributed by atoms with Crippen LogP contribution in [-0.4, -0.2) is 0 Å². The van der Waals surface area contributed by atoms with Crippen LogP contribution in [0.4, 0.5) is 4.39 Å². The lowest BCUT2D eigenvalue weighted by atomic mass is 9.82. The molecular weight excluding hydrogens is 319 g/mol. The molecule has 1 aliphatic rings. The summed E-state index contributed by atoms with van der Waals surface area (Å²) in [5.41, 5.74) is 2.78. The van der Waals surface area contributed by atoms with Gasteiger partial charge in [-0.1, -0.05) is 47.7 Å². The SMILES string of the molecule is C=C[C@H]1CC[C@H](C#Cc2ccc(-c3ccc(Cl)c(F)c3)cc2)CC1. The van der Waals surface area contributed by atoms with Crippen LogP contribution in [0.3, 0.4) is 0 Å². The lowest BCUT2D eigenvalue weighted by Gasteiger charge is -2.22.